The monoisotopic (exact) mass is 353 g/mol. The lowest BCUT2D eigenvalue weighted by molar-refractivity contribution is 0.240. The Balaban J connectivity index is 1.44. The van der Waals surface area contributed by atoms with E-state index in [1.807, 2.05) is 42.4 Å². The summed E-state index contributed by atoms with van der Waals surface area (Å²) in [5.74, 6) is 2.75. The summed E-state index contributed by atoms with van der Waals surface area (Å²) >= 11 is 0. The van der Waals surface area contributed by atoms with Crippen LogP contribution in [0.25, 0.3) is 5.82 Å². The van der Waals surface area contributed by atoms with Crippen LogP contribution in [0.3, 0.4) is 0 Å². The van der Waals surface area contributed by atoms with E-state index in [9.17, 15) is 0 Å². The van der Waals surface area contributed by atoms with E-state index in [2.05, 4.69) is 34.9 Å². The van der Waals surface area contributed by atoms with Gasteiger partial charge < -0.3 is 4.90 Å². The fourth-order valence-electron chi connectivity index (χ4n) is 3.29. The number of hydrogen-bond acceptors (Lipinski definition) is 7. The third-order valence-electron chi connectivity index (χ3n) is 4.73. The molecule has 0 atom stereocenters. The average Bonchev–Trinajstić information content (AvgIpc) is 3.20. The van der Waals surface area contributed by atoms with Crippen LogP contribution in [-0.2, 0) is 13.6 Å². The fourth-order valence-corrected chi connectivity index (χ4v) is 3.29. The zero-order valence-electron chi connectivity index (χ0n) is 15.4. The Morgan fingerprint density at radius 3 is 2.35 bits per heavy atom. The van der Waals surface area contributed by atoms with E-state index in [1.54, 1.807) is 12.7 Å². The van der Waals surface area contributed by atoms with Gasteiger partial charge in [0.25, 0.3) is 0 Å². The molecule has 1 aliphatic heterocycles. The van der Waals surface area contributed by atoms with Crippen molar-refractivity contribution in [3.63, 3.8) is 0 Å². The van der Waals surface area contributed by atoms with Gasteiger partial charge in [-0.05, 0) is 19.9 Å². The minimum Gasteiger partial charge on any atom is -0.354 e. The molecule has 0 unspecified atom stereocenters. The van der Waals surface area contributed by atoms with Gasteiger partial charge in [-0.2, -0.15) is 10.2 Å². The van der Waals surface area contributed by atoms with Gasteiger partial charge in [0.1, 0.15) is 24.3 Å². The summed E-state index contributed by atoms with van der Waals surface area (Å²) in [6.45, 7) is 8.62. The molecule has 4 heterocycles. The number of aromatic nitrogens is 7. The average molecular weight is 353 g/mol. The van der Waals surface area contributed by atoms with E-state index < -0.39 is 0 Å². The number of aryl methyl sites for hydroxylation is 3. The van der Waals surface area contributed by atoms with Crippen molar-refractivity contribution in [1.82, 2.24) is 39.4 Å². The normalized spacial score (nSPS) is 15.6. The Bertz CT molecular complexity index is 889. The molecule has 1 aliphatic rings. The molecule has 0 N–H and O–H groups in total. The first-order valence-corrected chi connectivity index (χ1v) is 8.76. The van der Waals surface area contributed by atoms with Gasteiger partial charge in [-0.3, -0.25) is 9.58 Å². The molecule has 4 rings (SSSR count). The molecule has 3 aromatic heterocycles. The van der Waals surface area contributed by atoms with E-state index in [0.717, 1.165) is 61.6 Å². The summed E-state index contributed by atoms with van der Waals surface area (Å²) in [6.07, 6.45) is 3.22. The molecule has 1 saturated heterocycles. The van der Waals surface area contributed by atoms with Crippen LogP contribution >= 0.6 is 0 Å². The largest absolute Gasteiger partial charge is 0.354 e. The van der Waals surface area contributed by atoms with Gasteiger partial charge in [-0.1, -0.05) is 0 Å². The Labute approximate surface area is 152 Å². The van der Waals surface area contributed by atoms with Crippen molar-refractivity contribution >= 4 is 5.82 Å². The first-order chi connectivity index (χ1) is 12.6. The number of nitrogens with zero attached hydrogens (tertiary/aromatic N) is 9. The standard InChI is InChI=1S/C17H23N9/c1-13-8-14(2)26(22-13)16-9-15(18-11-19-16)25-6-4-24(5-7-25)10-17-20-12-21-23(17)3/h8-9,11-12H,4-7,10H2,1-3H3. The smallest absolute Gasteiger partial charge is 0.159 e. The molecule has 0 aliphatic carbocycles. The highest BCUT2D eigenvalue weighted by atomic mass is 15.4. The quantitative estimate of drug-likeness (QED) is 0.684. The summed E-state index contributed by atoms with van der Waals surface area (Å²) in [5, 5.41) is 8.65. The molecule has 9 heteroatoms. The summed E-state index contributed by atoms with van der Waals surface area (Å²) < 4.78 is 3.70. The van der Waals surface area contributed by atoms with Gasteiger partial charge in [0.05, 0.1) is 12.2 Å². The predicted molar refractivity (Wildman–Crippen MR) is 97.1 cm³/mol. The Morgan fingerprint density at radius 2 is 1.69 bits per heavy atom. The van der Waals surface area contributed by atoms with Crippen molar-refractivity contribution in [1.29, 1.82) is 0 Å². The summed E-state index contributed by atoms with van der Waals surface area (Å²) in [6, 6.07) is 4.06. The van der Waals surface area contributed by atoms with E-state index in [0.29, 0.717) is 0 Å². The van der Waals surface area contributed by atoms with Crippen LogP contribution in [0.5, 0.6) is 0 Å². The zero-order valence-corrected chi connectivity index (χ0v) is 15.4. The van der Waals surface area contributed by atoms with Gasteiger partial charge in [0.2, 0.25) is 0 Å². The Kier molecular flexibility index (Phi) is 4.37. The summed E-state index contributed by atoms with van der Waals surface area (Å²) in [7, 11) is 1.93. The maximum atomic E-state index is 4.51. The minimum absolute atomic E-state index is 0.808. The molecule has 136 valence electrons. The molecule has 0 spiro atoms. The van der Waals surface area contributed by atoms with Crippen molar-refractivity contribution < 1.29 is 0 Å². The molecule has 1 fully saturated rings. The van der Waals surface area contributed by atoms with Crippen LogP contribution in [0.1, 0.15) is 17.2 Å². The van der Waals surface area contributed by atoms with Gasteiger partial charge in [-0.25, -0.2) is 19.6 Å². The van der Waals surface area contributed by atoms with Crippen LogP contribution in [0.15, 0.2) is 24.8 Å². The SMILES string of the molecule is Cc1cc(C)n(-c2cc(N3CCN(Cc4ncnn4C)CC3)ncn2)n1. The first-order valence-electron chi connectivity index (χ1n) is 8.76. The Morgan fingerprint density at radius 1 is 0.923 bits per heavy atom. The van der Waals surface area contributed by atoms with Crippen molar-refractivity contribution in [2.45, 2.75) is 20.4 Å². The molecule has 0 amide bonds. The van der Waals surface area contributed by atoms with Crippen LogP contribution in [0, 0.1) is 13.8 Å². The second-order valence-electron chi connectivity index (χ2n) is 6.64. The molecule has 26 heavy (non-hydrogen) atoms. The molecule has 0 radical (unpaired) electrons. The van der Waals surface area contributed by atoms with Crippen molar-refractivity contribution in [2.75, 3.05) is 31.1 Å². The first kappa shape index (κ1) is 16.6. The van der Waals surface area contributed by atoms with Crippen molar-refractivity contribution in [3.8, 4) is 5.82 Å². The second-order valence-corrected chi connectivity index (χ2v) is 6.64. The van der Waals surface area contributed by atoms with Crippen LogP contribution in [0.4, 0.5) is 5.82 Å². The predicted octanol–water partition coefficient (Wildman–Crippen LogP) is 0.730. The van der Waals surface area contributed by atoms with Crippen LogP contribution < -0.4 is 4.90 Å². The lowest BCUT2D eigenvalue weighted by Gasteiger charge is -2.35. The van der Waals surface area contributed by atoms with Crippen LogP contribution in [0.2, 0.25) is 0 Å². The molecule has 0 aromatic carbocycles. The molecular weight excluding hydrogens is 330 g/mol. The van der Waals surface area contributed by atoms with E-state index >= 15 is 0 Å². The van der Waals surface area contributed by atoms with E-state index in [4.69, 9.17) is 0 Å². The minimum atomic E-state index is 0.808. The highest BCUT2D eigenvalue weighted by Gasteiger charge is 2.20. The highest BCUT2D eigenvalue weighted by Crippen LogP contribution is 2.17. The Hall–Kier alpha value is -2.81. The summed E-state index contributed by atoms with van der Waals surface area (Å²) in [4.78, 5) is 17.9. The third kappa shape index (κ3) is 3.30. The fraction of sp³-hybridized carbons (Fsp3) is 0.471. The van der Waals surface area contributed by atoms with Crippen molar-refractivity contribution in [2.24, 2.45) is 7.05 Å². The zero-order chi connectivity index (χ0) is 18.1. The highest BCUT2D eigenvalue weighted by molar-refractivity contribution is 5.44. The molecule has 0 saturated carbocycles. The third-order valence-corrected chi connectivity index (χ3v) is 4.73. The topological polar surface area (TPSA) is 80.8 Å². The molecule has 3 aromatic rings. The summed E-state index contributed by atoms with van der Waals surface area (Å²) in [5.41, 5.74) is 2.06. The molecule has 9 nitrogen and oxygen atoms in total. The number of piperazine rings is 1. The lowest BCUT2D eigenvalue weighted by Crippen LogP contribution is -2.46. The van der Waals surface area contributed by atoms with Gasteiger partial charge in [-0.15, -0.1) is 0 Å². The van der Waals surface area contributed by atoms with Gasteiger partial charge >= 0.3 is 0 Å². The van der Waals surface area contributed by atoms with E-state index in [-0.39, 0.29) is 0 Å². The van der Waals surface area contributed by atoms with Crippen LogP contribution in [-0.4, -0.2) is 65.6 Å². The molecule has 0 bridgehead atoms. The lowest BCUT2D eigenvalue weighted by atomic mass is 10.3. The maximum absolute atomic E-state index is 4.51. The number of hydrogen-bond donors (Lipinski definition) is 0. The van der Waals surface area contributed by atoms with Crippen molar-refractivity contribution in [3.05, 3.63) is 42.0 Å². The number of rotatable bonds is 4. The van der Waals surface area contributed by atoms with E-state index in [1.165, 1.54) is 0 Å². The number of anilines is 1. The van der Waals surface area contributed by atoms with Gasteiger partial charge in [0.15, 0.2) is 5.82 Å². The second kappa shape index (κ2) is 6.83. The molecular formula is C17H23N9. The van der Waals surface area contributed by atoms with Gasteiger partial charge in [0, 0.05) is 45.0 Å². The maximum Gasteiger partial charge on any atom is 0.159 e.